The molecule has 0 saturated carbocycles. The topological polar surface area (TPSA) is 210 Å². The predicted molar refractivity (Wildman–Crippen MR) is 344 cm³/mol. The Kier molecular flexibility index (Phi) is 27.4. The number of hydrogen-bond donors (Lipinski definition) is 5. The molecule has 5 aliphatic heterocycles. The standard InChI is InChI=1S/C22H24F3NO4.C22H28FNO5.C18H18F3NO3.C4H8O2.C4H8O/c1-21(15-28-21)14-27-17-4-2-16(3-5-17)26-12-10-19(11-13-26)29-18-6-8-20(9-7-18)30-22(23,24)25;1-22(26,14-25)15-27-18-4-2-17(3-5-18)24-12-10-21(11-13-24)29-20-8-6-19(7-9-20)28-16-23;19-18(20,21)25-17-7-5-15(6-8-17)24-16-9-11-22(12-10-16)13-1-3-14(23)4-2-13;1-4(2-5)3-6-4;1-4(2)3-5/h2-9,19H,10-15H2,1H3;2-9,21,25-26H,10-16H2,1H3;1-8,16,23H,9-12H2;5H,2-3H2,1H3;5H,1,3H2,2H3/t21-;22-;;4-;/m01.1./s1. The van der Waals surface area contributed by atoms with Gasteiger partial charge in [-0.25, -0.2) is 4.39 Å². The Balaban J connectivity index is 0.000000186. The number of benzene rings is 6. The first-order chi connectivity index (χ1) is 45.2. The maximum Gasteiger partial charge on any atom is 0.573 e. The summed E-state index contributed by atoms with van der Waals surface area (Å²) < 4.78 is 137. The largest absolute Gasteiger partial charge is 0.573 e. The van der Waals surface area contributed by atoms with Gasteiger partial charge in [0.15, 0.2) is 0 Å². The van der Waals surface area contributed by atoms with Crippen molar-refractivity contribution in [3.63, 3.8) is 0 Å². The molecule has 0 spiro atoms. The average Bonchev–Trinajstić information content (AvgIpc) is 1.91. The van der Waals surface area contributed by atoms with Gasteiger partial charge in [-0.3, -0.25) is 0 Å². The minimum Gasteiger partial charge on any atom is -0.508 e. The highest BCUT2D eigenvalue weighted by molar-refractivity contribution is 5.51. The molecule has 5 N–H and O–H groups in total. The van der Waals surface area contributed by atoms with Crippen molar-refractivity contribution in [2.45, 2.75) is 114 Å². The predicted octanol–water partition coefficient (Wildman–Crippen LogP) is 12.6. The van der Waals surface area contributed by atoms with Crippen molar-refractivity contribution in [1.82, 2.24) is 0 Å². The van der Waals surface area contributed by atoms with Gasteiger partial charge in [0.25, 0.3) is 0 Å². The van der Waals surface area contributed by atoms with Crippen LogP contribution in [-0.2, 0) is 9.47 Å². The van der Waals surface area contributed by atoms with Crippen LogP contribution in [-0.4, -0.2) is 166 Å². The van der Waals surface area contributed by atoms with Crippen LogP contribution in [0.25, 0.3) is 0 Å². The maximum absolute atomic E-state index is 12.2. The molecule has 5 saturated heterocycles. The lowest BCUT2D eigenvalue weighted by Gasteiger charge is -2.33. The first kappa shape index (κ1) is 74.3. The van der Waals surface area contributed by atoms with Crippen LogP contribution in [0.1, 0.15) is 66.2 Å². The summed E-state index contributed by atoms with van der Waals surface area (Å²) >= 11 is 0. The van der Waals surface area contributed by atoms with Crippen LogP contribution in [0.5, 0.6) is 51.7 Å². The minimum atomic E-state index is -4.69. The third kappa shape index (κ3) is 27.3. The number of aliphatic hydroxyl groups is 4. The van der Waals surface area contributed by atoms with Crippen LogP contribution < -0.4 is 52.6 Å². The van der Waals surface area contributed by atoms with Gasteiger partial charge in [-0.2, -0.15) is 0 Å². The fraction of sp³-hybridized carbons (Fsp3) is 0.457. The van der Waals surface area contributed by atoms with E-state index in [2.05, 4.69) is 30.8 Å². The Labute approximate surface area is 549 Å². The zero-order valence-corrected chi connectivity index (χ0v) is 53.7. The lowest BCUT2D eigenvalue weighted by atomic mass is 10.1. The van der Waals surface area contributed by atoms with E-state index in [1.807, 2.05) is 74.5 Å². The molecule has 5 aliphatic rings. The fourth-order valence-corrected chi connectivity index (χ4v) is 9.50. The van der Waals surface area contributed by atoms with Crippen molar-refractivity contribution in [3.05, 3.63) is 158 Å². The van der Waals surface area contributed by atoms with Crippen LogP contribution in [0.4, 0.5) is 47.8 Å². The second kappa shape index (κ2) is 35.1. The van der Waals surface area contributed by atoms with E-state index in [1.165, 1.54) is 55.5 Å². The molecule has 95 heavy (non-hydrogen) atoms. The van der Waals surface area contributed by atoms with Crippen LogP contribution in [0.2, 0.25) is 0 Å². The molecule has 5 fully saturated rings. The van der Waals surface area contributed by atoms with E-state index in [9.17, 15) is 40.9 Å². The van der Waals surface area contributed by atoms with Crippen LogP contribution in [0.15, 0.2) is 158 Å². The van der Waals surface area contributed by atoms with Crippen molar-refractivity contribution < 1.29 is 104 Å². The quantitative estimate of drug-likeness (QED) is 0.0243. The molecule has 0 radical (unpaired) electrons. The number of hydrogen-bond acceptors (Lipinski definition) is 18. The van der Waals surface area contributed by atoms with Crippen molar-refractivity contribution >= 4 is 17.1 Å². The van der Waals surface area contributed by atoms with Crippen molar-refractivity contribution in [3.8, 4) is 51.7 Å². The highest BCUT2D eigenvalue weighted by atomic mass is 19.4. The van der Waals surface area contributed by atoms with E-state index in [1.54, 1.807) is 43.3 Å². The van der Waals surface area contributed by atoms with Gasteiger partial charge < -0.3 is 87.6 Å². The Morgan fingerprint density at radius 3 is 1.07 bits per heavy atom. The molecule has 0 amide bonds. The summed E-state index contributed by atoms with van der Waals surface area (Å²) in [6, 6.07) is 40.8. The number of phenols is 1. The van der Waals surface area contributed by atoms with Gasteiger partial charge in [-0.05, 0) is 173 Å². The van der Waals surface area contributed by atoms with Gasteiger partial charge in [-0.15, -0.1) is 26.3 Å². The van der Waals surface area contributed by atoms with Gasteiger partial charge in [0.2, 0.25) is 6.86 Å². The van der Waals surface area contributed by atoms with Gasteiger partial charge in [0.1, 0.15) is 100 Å². The number of phenolic OH excluding ortho intramolecular Hbond substituents is 1. The molecule has 25 heteroatoms. The highest BCUT2D eigenvalue weighted by Gasteiger charge is 2.40. The summed E-state index contributed by atoms with van der Waals surface area (Å²) in [5, 5.41) is 44.6. The lowest BCUT2D eigenvalue weighted by Crippen LogP contribution is -2.38. The molecular formula is C70H86F7N3O15. The zero-order valence-electron chi connectivity index (χ0n) is 53.7. The second-order valence-electron chi connectivity index (χ2n) is 24.2. The molecule has 11 rings (SSSR count). The molecule has 0 unspecified atom stereocenters. The number of piperidine rings is 3. The number of ether oxygens (including phenoxy) is 10. The second-order valence-corrected chi connectivity index (χ2v) is 24.2. The van der Waals surface area contributed by atoms with E-state index in [0.29, 0.717) is 29.6 Å². The number of nitrogens with zero attached hydrogens (tertiary/aromatic N) is 3. The van der Waals surface area contributed by atoms with Gasteiger partial charge >= 0.3 is 12.7 Å². The van der Waals surface area contributed by atoms with Crippen molar-refractivity contribution in [1.29, 1.82) is 0 Å². The number of alkyl halides is 7. The van der Waals surface area contributed by atoms with Crippen LogP contribution in [0, 0.1) is 0 Å². The number of aromatic hydroxyl groups is 1. The Morgan fingerprint density at radius 2 is 0.789 bits per heavy atom. The van der Waals surface area contributed by atoms with Gasteiger partial charge in [0.05, 0.1) is 33.0 Å². The Bertz CT molecular complexity index is 3170. The molecule has 520 valence electrons. The van der Waals surface area contributed by atoms with E-state index in [0.717, 1.165) is 125 Å². The van der Waals surface area contributed by atoms with Crippen LogP contribution >= 0.6 is 0 Å². The Morgan fingerprint density at radius 1 is 0.495 bits per heavy atom. The summed E-state index contributed by atoms with van der Waals surface area (Å²) in [5.74, 6) is 3.51. The smallest absolute Gasteiger partial charge is 0.508 e. The van der Waals surface area contributed by atoms with Crippen LogP contribution in [0.3, 0.4) is 0 Å². The summed E-state index contributed by atoms with van der Waals surface area (Å²) in [5.41, 5.74) is 2.56. The summed E-state index contributed by atoms with van der Waals surface area (Å²) in [6.45, 7) is 16.8. The molecule has 0 bridgehead atoms. The van der Waals surface area contributed by atoms with E-state index in [4.69, 9.17) is 53.2 Å². The summed E-state index contributed by atoms with van der Waals surface area (Å²) in [6.07, 6.45) is -4.12. The molecule has 18 nitrogen and oxygen atoms in total. The van der Waals surface area contributed by atoms with Crippen molar-refractivity contribution in [2.24, 2.45) is 0 Å². The van der Waals surface area contributed by atoms with Gasteiger partial charge in [-0.1, -0.05) is 12.2 Å². The zero-order chi connectivity index (χ0) is 68.7. The molecule has 6 aromatic carbocycles. The van der Waals surface area contributed by atoms with E-state index < -0.39 is 25.2 Å². The van der Waals surface area contributed by atoms with E-state index in [-0.39, 0.29) is 73.2 Å². The summed E-state index contributed by atoms with van der Waals surface area (Å²) in [4.78, 5) is 6.79. The SMILES string of the molecule is C=C(C)CO.C[C@@](O)(CO)COc1ccc(N2CCC(Oc3ccc(OCF)cc3)CC2)cc1.C[C@@]1(CO)CO1.C[C@]1(COc2ccc(N3CCC(Oc4ccc(OC(F)(F)F)cc4)CC3)cc2)CO1.Oc1ccc(N2CCC(Oc3ccc(OC(F)(F)F)cc3)CC2)cc1. The summed E-state index contributed by atoms with van der Waals surface area (Å²) in [7, 11) is 0. The number of anilines is 3. The van der Waals surface area contributed by atoms with Gasteiger partial charge in [0, 0.05) is 94.9 Å². The number of halogens is 7. The lowest BCUT2D eigenvalue weighted by molar-refractivity contribution is -0.275. The first-order valence-corrected chi connectivity index (χ1v) is 31.2. The third-order valence-corrected chi connectivity index (χ3v) is 15.3. The molecule has 0 aliphatic carbocycles. The third-order valence-electron chi connectivity index (χ3n) is 15.3. The monoisotopic (exact) mass is 1340 g/mol. The minimum absolute atomic E-state index is 0.0164. The fourth-order valence-electron chi connectivity index (χ4n) is 9.50. The number of aliphatic hydroxyl groups excluding tert-OH is 3. The molecular weight excluding hydrogens is 1260 g/mol. The van der Waals surface area contributed by atoms with Crippen molar-refractivity contribution in [2.75, 3.05) is 107 Å². The molecule has 0 aromatic heterocycles. The normalized spacial score (nSPS) is 19.4. The maximum atomic E-state index is 12.2. The number of epoxide rings is 2. The highest BCUT2D eigenvalue weighted by Crippen LogP contribution is 2.33. The first-order valence-electron chi connectivity index (χ1n) is 31.2. The molecule has 5 heterocycles. The Hall–Kier alpha value is -8.07. The molecule has 6 aromatic rings. The molecule has 3 atom stereocenters. The van der Waals surface area contributed by atoms with E-state index >= 15 is 0 Å². The average molecular weight is 1340 g/mol. The number of rotatable bonds is 22.